The van der Waals surface area contributed by atoms with Crippen molar-refractivity contribution in [2.75, 3.05) is 0 Å². The molecule has 18 heavy (non-hydrogen) atoms. The second-order valence-electron chi connectivity index (χ2n) is 3.55. The summed E-state index contributed by atoms with van der Waals surface area (Å²) in [5, 5.41) is -0.294. The average molecular weight is 329 g/mol. The molecule has 1 heterocycles. The highest BCUT2D eigenvalue weighted by Crippen LogP contribution is 2.37. The lowest BCUT2D eigenvalue weighted by molar-refractivity contribution is 0.577. The maximum absolute atomic E-state index is 13.7. The van der Waals surface area contributed by atoms with Crippen molar-refractivity contribution in [2.24, 2.45) is 5.73 Å². The number of hydrogen-bond donors (Lipinski definition) is 1. The van der Waals surface area contributed by atoms with Gasteiger partial charge in [-0.1, -0.05) is 34.8 Å². The summed E-state index contributed by atoms with van der Waals surface area (Å²) in [5.41, 5.74) is 6.30. The summed E-state index contributed by atoms with van der Waals surface area (Å²) < 4.78 is 27.8. The lowest BCUT2D eigenvalue weighted by Crippen LogP contribution is -2.13. The molecule has 2 N–H and O–H groups in total. The van der Waals surface area contributed by atoms with Gasteiger partial charge in [0.25, 0.3) is 0 Å². The van der Waals surface area contributed by atoms with Gasteiger partial charge in [0, 0.05) is 11.1 Å². The molecule has 1 aromatic heterocycles. The summed E-state index contributed by atoms with van der Waals surface area (Å²) in [5.74, 6) is -1.42. The molecule has 0 aliphatic heterocycles. The molecular weight excluding hydrogens is 323 g/mol. The van der Waals surface area contributed by atoms with Crippen LogP contribution in [0.1, 0.15) is 17.2 Å². The van der Waals surface area contributed by atoms with E-state index in [-0.39, 0.29) is 10.6 Å². The van der Waals surface area contributed by atoms with Gasteiger partial charge in [-0.2, -0.15) is 0 Å². The molecule has 0 saturated heterocycles. The minimum atomic E-state index is -0.895. The molecule has 0 radical (unpaired) electrons. The van der Waals surface area contributed by atoms with Gasteiger partial charge < -0.3 is 5.73 Å². The van der Waals surface area contributed by atoms with Crippen LogP contribution in [0.25, 0.3) is 0 Å². The molecule has 0 aliphatic carbocycles. The van der Waals surface area contributed by atoms with E-state index in [1.807, 2.05) is 0 Å². The molecular formula is C11H6Cl3F2NS. The largest absolute Gasteiger partial charge is 0.320 e. The van der Waals surface area contributed by atoms with Gasteiger partial charge in [0.1, 0.15) is 11.6 Å². The Kier molecular flexibility index (Phi) is 4.14. The van der Waals surface area contributed by atoms with E-state index in [4.69, 9.17) is 40.5 Å². The first kappa shape index (κ1) is 14.0. The summed E-state index contributed by atoms with van der Waals surface area (Å²) in [4.78, 5) is 0. The summed E-state index contributed by atoms with van der Waals surface area (Å²) in [6.45, 7) is 0. The van der Waals surface area contributed by atoms with Crippen LogP contribution in [-0.2, 0) is 0 Å². The second kappa shape index (κ2) is 5.31. The van der Waals surface area contributed by atoms with E-state index in [9.17, 15) is 8.78 Å². The molecule has 0 spiro atoms. The molecule has 0 bridgehead atoms. The Morgan fingerprint density at radius 2 is 1.67 bits per heavy atom. The van der Waals surface area contributed by atoms with Crippen molar-refractivity contribution >= 4 is 46.1 Å². The maximum Gasteiger partial charge on any atom is 0.142 e. The van der Waals surface area contributed by atoms with Crippen molar-refractivity contribution in [3.63, 3.8) is 0 Å². The first-order chi connectivity index (χ1) is 8.40. The molecule has 1 unspecified atom stereocenters. The van der Waals surface area contributed by atoms with Crippen LogP contribution in [0.3, 0.4) is 0 Å². The zero-order valence-electron chi connectivity index (χ0n) is 8.68. The molecule has 0 amide bonds. The monoisotopic (exact) mass is 327 g/mol. The average Bonchev–Trinajstić information content (AvgIpc) is 2.62. The third kappa shape index (κ3) is 2.63. The summed E-state index contributed by atoms with van der Waals surface area (Å²) in [6, 6.07) is 2.48. The van der Waals surface area contributed by atoms with Gasteiger partial charge in [0.05, 0.1) is 19.7 Å². The Hall–Kier alpha value is -0.390. The number of halogens is 5. The molecule has 1 atom stereocenters. The highest BCUT2D eigenvalue weighted by atomic mass is 35.5. The standard InChI is InChI=1S/C11H6Cl3F2NS/c12-6-3-7(15)4(1-8(6)16)10(17)5-2-9(13)18-11(5)14/h1-3,10H,17H2. The summed E-state index contributed by atoms with van der Waals surface area (Å²) in [6.07, 6.45) is 0. The van der Waals surface area contributed by atoms with Gasteiger partial charge in [-0.3, -0.25) is 0 Å². The number of hydrogen-bond acceptors (Lipinski definition) is 2. The van der Waals surface area contributed by atoms with Gasteiger partial charge in [0.2, 0.25) is 0 Å². The Morgan fingerprint density at radius 3 is 2.22 bits per heavy atom. The van der Waals surface area contributed by atoms with E-state index < -0.39 is 17.7 Å². The van der Waals surface area contributed by atoms with E-state index in [0.29, 0.717) is 14.2 Å². The maximum atomic E-state index is 13.7. The van der Waals surface area contributed by atoms with Crippen LogP contribution >= 0.6 is 46.1 Å². The van der Waals surface area contributed by atoms with E-state index in [1.54, 1.807) is 0 Å². The van der Waals surface area contributed by atoms with E-state index in [0.717, 1.165) is 23.5 Å². The van der Waals surface area contributed by atoms with E-state index >= 15 is 0 Å². The predicted octanol–water partition coefficient (Wildman–Crippen LogP) is 5.03. The number of nitrogens with two attached hydrogens (primary N) is 1. The van der Waals surface area contributed by atoms with Crippen LogP contribution in [-0.4, -0.2) is 0 Å². The third-order valence-corrected chi connectivity index (χ3v) is 4.20. The zero-order chi connectivity index (χ0) is 13.4. The lowest BCUT2D eigenvalue weighted by Gasteiger charge is -2.13. The third-order valence-electron chi connectivity index (χ3n) is 2.39. The zero-order valence-corrected chi connectivity index (χ0v) is 11.8. The highest BCUT2D eigenvalue weighted by Gasteiger charge is 2.20. The predicted molar refractivity (Wildman–Crippen MR) is 71.7 cm³/mol. The van der Waals surface area contributed by atoms with Crippen molar-refractivity contribution in [3.8, 4) is 0 Å². The molecule has 96 valence electrons. The van der Waals surface area contributed by atoms with Crippen LogP contribution < -0.4 is 5.73 Å². The topological polar surface area (TPSA) is 26.0 Å². The fraction of sp³-hybridized carbons (Fsp3) is 0.0909. The molecule has 1 nitrogen and oxygen atoms in total. The molecule has 7 heteroatoms. The van der Waals surface area contributed by atoms with Gasteiger partial charge in [-0.05, 0) is 18.2 Å². The van der Waals surface area contributed by atoms with E-state index in [1.165, 1.54) is 6.07 Å². The fourth-order valence-electron chi connectivity index (χ4n) is 1.51. The molecule has 0 aliphatic rings. The van der Waals surface area contributed by atoms with Crippen molar-refractivity contribution < 1.29 is 8.78 Å². The molecule has 2 aromatic rings. The number of rotatable bonds is 2. The summed E-state index contributed by atoms with van der Waals surface area (Å²) in [7, 11) is 0. The van der Waals surface area contributed by atoms with Crippen LogP contribution in [0, 0.1) is 11.6 Å². The first-order valence-corrected chi connectivity index (χ1v) is 6.70. The van der Waals surface area contributed by atoms with Crippen molar-refractivity contribution in [3.05, 3.63) is 54.7 Å². The quantitative estimate of drug-likeness (QED) is 0.768. The Morgan fingerprint density at radius 1 is 1.00 bits per heavy atom. The van der Waals surface area contributed by atoms with Crippen molar-refractivity contribution in [2.45, 2.75) is 6.04 Å². The van der Waals surface area contributed by atoms with Gasteiger partial charge in [-0.25, -0.2) is 8.78 Å². The normalized spacial score (nSPS) is 12.8. The SMILES string of the molecule is NC(c1cc(F)c(Cl)cc1F)c1cc(Cl)sc1Cl. The minimum Gasteiger partial charge on any atom is -0.320 e. The van der Waals surface area contributed by atoms with Crippen LogP contribution in [0.4, 0.5) is 8.78 Å². The van der Waals surface area contributed by atoms with Gasteiger partial charge in [-0.15, -0.1) is 11.3 Å². The molecule has 1 aromatic carbocycles. The van der Waals surface area contributed by atoms with Crippen molar-refractivity contribution in [1.29, 1.82) is 0 Å². The van der Waals surface area contributed by atoms with Crippen LogP contribution in [0.15, 0.2) is 18.2 Å². The number of thiophene rings is 1. The summed E-state index contributed by atoms with van der Waals surface area (Å²) >= 11 is 18.3. The lowest BCUT2D eigenvalue weighted by atomic mass is 10.0. The number of benzene rings is 1. The Bertz CT molecular complexity index is 600. The fourth-order valence-corrected chi connectivity index (χ4v) is 3.21. The van der Waals surface area contributed by atoms with Crippen LogP contribution in [0.2, 0.25) is 13.7 Å². The molecule has 0 fully saturated rings. The van der Waals surface area contributed by atoms with Crippen LogP contribution in [0.5, 0.6) is 0 Å². The Labute approximate surface area is 121 Å². The smallest absolute Gasteiger partial charge is 0.142 e. The molecule has 0 saturated carbocycles. The van der Waals surface area contributed by atoms with E-state index in [2.05, 4.69) is 0 Å². The highest BCUT2D eigenvalue weighted by molar-refractivity contribution is 7.20. The van der Waals surface area contributed by atoms with Crippen molar-refractivity contribution in [1.82, 2.24) is 0 Å². The van der Waals surface area contributed by atoms with Gasteiger partial charge >= 0.3 is 0 Å². The molecule has 2 rings (SSSR count). The Balaban J connectivity index is 2.49. The minimum absolute atomic E-state index is 0.0201. The van der Waals surface area contributed by atoms with Gasteiger partial charge in [0.15, 0.2) is 0 Å². The first-order valence-electron chi connectivity index (χ1n) is 4.75. The second-order valence-corrected chi connectivity index (χ2v) is 6.24.